The molecule has 0 amide bonds. The number of aliphatic imine (C=N–C) groups is 1. The molecule has 7 nitrogen and oxygen atoms in total. The molecule has 0 aromatic carbocycles. The molecule has 0 aliphatic heterocycles. The number of aromatic nitrogens is 2. The Labute approximate surface area is 106 Å². The van der Waals surface area contributed by atoms with Gasteiger partial charge in [-0.25, -0.2) is 0 Å². The van der Waals surface area contributed by atoms with Gasteiger partial charge in [-0.15, -0.1) is 6.58 Å². The van der Waals surface area contributed by atoms with Crippen molar-refractivity contribution >= 4 is 11.8 Å². The summed E-state index contributed by atoms with van der Waals surface area (Å²) in [5.74, 6) is 0.627. The highest BCUT2D eigenvalue weighted by Crippen LogP contribution is 2.13. The SMILES string of the molecule is C=CCNC(N)=NCCCc1[nH]nc(N)c1C#N. The molecule has 0 bridgehead atoms. The number of hydrogen-bond acceptors (Lipinski definition) is 4. The van der Waals surface area contributed by atoms with Crippen molar-refractivity contribution < 1.29 is 0 Å². The zero-order valence-electron chi connectivity index (χ0n) is 10.1. The van der Waals surface area contributed by atoms with Crippen molar-refractivity contribution in [3.8, 4) is 6.07 Å². The van der Waals surface area contributed by atoms with Gasteiger partial charge in [-0.05, 0) is 12.8 Å². The van der Waals surface area contributed by atoms with Crippen LogP contribution in [0.4, 0.5) is 5.82 Å². The Balaban J connectivity index is 2.38. The normalized spacial score (nSPS) is 10.9. The fourth-order valence-corrected chi connectivity index (χ4v) is 1.39. The highest BCUT2D eigenvalue weighted by atomic mass is 15.2. The lowest BCUT2D eigenvalue weighted by atomic mass is 10.1. The van der Waals surface area contributed by atoms with Crippen molar-refractivity contribution in [3.63, 3.8) is 0 Å². The molecule has 1 aromatic rings. The molecule has 7 heteroatoms. The van der Waals surface area contributed by atoms with Gasteiger partial charge in [-0.2, -0.15) is 10.4 Å². The lowest BCUT2D eigenvalue weighted by Gasteiger charge is -2.01. The number of aryl methyl sites for hydroxylation is 1. The number of guanidine groups is 1. The highest BCUT2D eigenvalue weighted by Gasteiger charge is 2.08. The second-order valence-electron chi connectivity index (χ2n) is 3.61. The van der Waals surface area contributed by atoms with Crippen LogP contribution in [0.5, 0.6) is 0 Å². The second kappa shape index (κ2) is 6.96. The van der Waals surface area contributed by atoms with Crippen LogP contribution < -0.4 is 16.8 Å². The van der Waals surface area contributed by atoms with Crippen molar-refractivity contribution in [1.82, 2.24) is 15.5 Å². The number of nitrogen functional groups attached to an aromatic ring is 1. The minimum atomic E-state index is 0.239. The number of rotatable bonds is 6. The quantitative estimate of drug-likeness (QED) is 0.241. The number of nitrogens with zero attached hydrogens (tertiary/aromatic N) is 3. The van der Waals surface area contributed by atoms with E-state index in [1.54, 1.807) is 6.08 Å². The van der Waals surface area contributed by atoms with Gasteiger partial charge < -0.3 is 16.8 Å². The maximum atomic E-state index is 8.87. The number of nitrogens with two attached hydrogens (primary N) is 2. The zero-order chi connectivity index (χ0) is 13.4. The zero-order valence-corrected chi connectivity index (χ0v) is 10.1. The van der Waals surface area contributed by atoms with E-state index in [0.717, 1.165) is 12.1 Å². The monoisotopic (exact) mass is 247 g/mol. The van der Waals surface area contributed by atoms with Gasteiger partial charge in [-0.3, -0.25) is 10.1 Å². The summed E-state index contributed by atoms with van der Waals surface area (Å²) in [6.45, 7) is 4.72. The molecular weight excluding hydrogens is 230 g/mol. The first kappa shape index (κ1) is 13.6. The van der Waals surface area contributed by atoms with Crippen LogP contribution in [0.2, 0.25) is 0 Å². The predicted molar refractivity (Wildman–Crippen MR) is 70.7 cm³/mol. The standard InChI is InChI=1S/C11H17N7/c1-2-5-15-11(14)16-6-3-4-9-8(7-12)10(13)18-17-9/h2H,1,3-6H2,(H3,13,17,18)(H3,14,15,16). The summed E-state index contributed by atoms with van der Waals surface area (Å²) in [5.41, 5.74) is 12.3. The third-order valence-corrected chi connectivity index (χ3v) is 2.28. The Morgan fingerprint density at radius 2 is 2.44 bits per heavy atom. The second-order valence-corrected chi connectivity index (χ2v) is 3.61. The Bertz CT molecular complexity index is 466. The van der Waals surface area contributed by atoms with Crippen LogP contribution >= 0.6 is 0 Å². The molecule has 0 saturated carbocycles. The smallest absolute Gasteiger partial charge is 0.188 e. The third-order valence-electron chi connectivity index (χ3n) is 2.28. The Kier molecular flexibility index (Phi) is 5.25. The summed E-state index contributed by atoms with van der Waals surface area (Å²) in [6, 6.07) is 2.02. The molecule has 1 rings (SSSR count). The van der Waals surface area contributed by atoms with Crippen LogP contribution in [0.15, 0.2) is 17.6 Å². The van der Waals surface area contributed by atoms with Crippen molar-refractivity contribution in [2.75, 3.05) is 18.8 Å². The van der Waals surface area contributed by atoms with Crippen LogP contribution in [0, 0.1) is 11.3 Å². The number of nitriles is 1. The number of aromatic amines is 1. The molecule has 18 heavy (non-hydrogen) atoms. The summed E-state index contributed by atoms with van der Waals surface area (Å²) >= 11 is 0. The molecule has 0 atom stereocenters. The van der Waals surface area contributed by atoms with E-state index < -0.39 is 0 Å². The number of anilines is 1. The van der Waals surface area contributed by atoms with E-state index in [1.165, 1.54) is 0 Å². The Hall–Kier alpha value is -2.49. The van der Waals surface area contributed by atoms with Crippen molar-refractivity contribution in [2.24, 2.45) is 10.7 Å². The average Bonchev–Trinajstić information content (AvgIpc) is 2.72. The average molecular weight is 247 g/mol. The fraction of sp³-hybridized carbons (Fsp3) is 0.364. The number of H-pyrrole nitrogens is 1. The molecule has 0 aliphatic rings. The van der Waals surface area contributed by atoms with Gasteiger partial charge in [0, 0.05) is 13.1 Å². The van der Waals surface area contributed by atoms with Crippen LogP contribution in [0.25, 0.3) is 0 Å². The van der Waals surface area contributed by atoms with Gasteiger partial charge in [-0.1, -0.05) is 6.08 Å². The highest BCUT2D eigenvalue weighted by molar-refractivity contribution is 5.77. The Morgan fingerprint density at radius 1 is 1.67 bits per heavy atom. The van der Waals surface area contributed by atoms with Crippen LogP contribution in [-0.2, 0) is 6.42 Å². The topological polar surface area (TPSA) is 129 Å². The minimum absolute atomic E-state index is 0.239. The van der Waals surface area contributed by atoms with Crippen molar-refractivity contribution in [2.45, 2.75) is 12.8 Å². The Morgan fingerprint density at radius 3 is 3.11 bits per heavy atom. The molecule has 0 saturated heterocycles. The van der Waals surface area contributed by atoms with E-state index in [0.29, 0.717) is 31.0 Å². The van der Waals surface area contributed by atoms with E-state index in [4.69, 9.17) is 16.7 Å². The fourth-order valence-electron chi connectivity index (χ4n) is 1.39. The van der Waals surface area contributed by atoms with Gasteiger partial charge in [0.2, 0.25) is 0 Å². The van der Waals surface area contributed by atoms with Gasteiger partial charge in [0.15, 0.2) is 11.8 Å². The first-order valence-electron chi connectivity index (χ1n) is 5.56. The lowest BCUT2D eigenvalue weighted by Crippen LogP contribution is -2.31. The summed E-state index contributed by atoms with van der Waals surface area (Å²) < 4.78 is 0. The molecule has 0 fully saturated rings. The van der Waals surface area contributed by atoms with Crippen LogP contribution in [0.3, 0.4) is 0 Å². The molecule has 0 radical (unpaired) electrons. The van der Waals surface area contributed by atoms with Gasteiger partial charge in [0.05, 0.1) is 5.69 Å². The number of nitrogens with one attached hydrogen (secondary N) is 2. The summed E-state index contributed by atoms with van der Waals surface area (Å²) in [6.07, 6.45) is 3.12. The van der Waals surface area contributed by atoms with E-state index in [-0.39, 0.29) is 5.82 Å². The maximum absolute atomic E-state index is 8.87. The molecule has 1 aromatic heterocycles. The number of hydrogen-bond donors (Lipinski definition) is 4. The molecule has 96 valence electrons. The van der Waals surface area contributed by atoms with Crippen molar-refractivity contribution in [1.29, 1.82) is 5.26 Å². The first-order chi connectivity index (χ1) is 8.69. The summed E-state index contributed by atoms with van der Waals surface area (Å²) in [7, 11) is 0. The lowest BCUT2D eigenvalue weighted by molar-refractivity contribution is 0.796. The first-order valence-corrected chi connectivity index (χ1v) is 5.56. The molecular formula is C11H17N7. The molecule has 1 heterocycles. The molecule has 0 aliphatic carbocycles. The van der Waals surface area contributed by atoms with E-state index in [2.05, 4.69) is 27.1 Å². The minimum Gasteiger partial charge on any atom is -0.381 e. The largest absolute Gasteiger partial charge is 0.381 e. The van der Waals surface area contributed by atoms with E-state index in [9.17, 15) is 0 Å². The van der Waals surface area contributed by atoms with Gasteiger partial charge in [0.1, 0.15) is 11.6 Å². The molecule has 6 N–H and O–H groups in total. The van der Waals surface area contributed by atoms with Crippen LogP contribution in [0.1, 0.15) is 17.7 Å². The maximum Gasteiger partial charge on any atom is 0.188 e. The molecule has 0 spiro atoms. The van der Waals surface area contributed by atoms with Crippen molar-refractivity contribution in [3.05, 3.63) is 23.9 Å². The summed E-state index contributed by atoms with van der Waals surface area (Å²) in [4.78, 5) is 4.13. The third kappa shape index (κ3) is 3.83. The van der Waals surface area contributed by atoms with Gasteiger partial charge >= 0.3 is 0 Å². The van der Waals surface area contributed by atoms with Gasteiger partial charge in [0.25, 0.3) is 0 Å². The van der Waals surface area contributed by atoms with Crippen LogP contribution in [-0.4, -0.2) is 29.2 Å². The predicted octanol–water partition coefficient (Wildman–Crippen LogP) is -0.114. The van der Waals surface area contributed by atoms with E-state index >= 15 is 0 Å². The summed E-state index contributed by atoms with van der Waals surface area (Å²) in [5, 5.41) is 18.3. The van der Waals surface area contributed by atoms with E-state index in [1.807, 2.05) is 6.07 Å². The molecule has 0 unspecified atom stereocenters.